The van der Waals surface area contributed by atoms with Crippen LogP contribution in [-0.4, -0.2) is 30.8 Å². The average molecular weight is 177 g/mol. The van der Waals surface area contributed by atoms with Gasteiger partial charge >= 0.3 is 0 Å². The van der Waals surface area contributed by atoms with Crippen molar-refractivity contribution >= 4 is 11.8 Å². The van der Waals surface area contributed by atoms with Gasteiger partial charge in [-0.2, -0.15) is 11.8 Å². The van der Waals surface area contributed by atoms with Crippen LogP contribution in [0, 0.1) is 0 Å². The summed E-state index contributed by atoms with van der Waals surface area (Å²) in [5, 5.41) is 3.36. The Morgan fingerprint density at radius 1 is 1.55 bits per heavy atom. The van der Waals surface area contributed by atoms with Gasteiger partial charge in [-0.1, -0.05) is 0 Å². The van der Waals surface area contributed by atoms with Gasteiger partial charge in [-0.3, -0.25) is 4.39 Å². The fourth-order valence-electron chi connectivity index (χ4n) is 1.27. The largest absolute Gasteiger partial charge is 0.313 e. The number of halogens is 1. The van der Waals surface area contributed by atoms with Crippen LogP contribution in [0.25, 0.3) is 0 Å². The van der Waals surface area contributed by atoms with Crippen molar-refractivity contribution in [2.45, 2.75) is 25.3 Å². The van der Waals surface area contributed by atoms with Crippen molar-refractivity contribution in [3.8, 4) is 0 Å². The van der Waals surface area contributed by atoms with Crippen molar-refractivity contribution in [1.29, 1.82) is 0 Å². The Labute approximate surface area is 72.1 Å². The Morgan fingerprint density at radius 2 is 2.45 bits per heavy atom. The molecule has 1 aliphatic rings. The van der Waals surface area contributed by atoms with E-state index in [2.05, 4.69) is 5.32 Å². The van der Waals surface area contributed by atoms with Gasteiger partial charge in [0, 0.05) is 11.8 Å². The van der Waals surface area contributed by atoms with Crippen molar-refractivity contribution in [2.75, 3.05) is 24.7 Å². The second-order valence-corrected chi connectivity index (χ2v) is 4.06. The highest BCUT2D eigenvalue weighted by atomic mass is 32.2. The summed E-state index contributed by atoms with van der Waals surface area (Å²) in [5.74, 6) is 2.52. The van der Waals surface area contributed by atoms with Crippen molar-refractivity contribution in [2.24, 2.45) is 0 Å². The van der Waals surface area contributed by atoms with E-state index < -0.39 is 0 Å². The van der Waals surface area contributed by atoms with E-state index in [-0.39, 0.29) is 6.67 Å². The zero-order valence-electron chi connectivity index (χ0n) is 6.81. The molecule has 1 saturated heterocycles. The van der Waals surface area contributed by atoms with Gasteiger partial charge in [0.1, 0.15) is 0 Å². The van der Waals surface area contributed by atoms with Gasteiger partial charge in [0.15, 0.2) is 0 Å². The number of hydrogen-bond acceptors (Lipinski definition) is 2. The highest BCUT2D eigenvalue weighted by molar-refractivity contribution is 7.99. The molecule has 1 rings (SSSR count). The minimum absolute atomic E-state index is 0.188. The molecule has 0 spiro atoms. The molecular formula is C8H16FNS. The molecule has 1 nitrogen and oxygen atoms in total. The Bertz CT molecular complexity index is 94.1. The first-order chi connectivity index (χ1) is 5.43. The highest BCUT2D eigenvalue weighted by Gasteiger charge is 2.11. The maximum atomic E-state index is 11.7. The van der Waals surface area contributed by atoms with Gasteiger partial charge < -0.3 is 5.32 Å². The molecule has 66 valence electrons. The third kappa shape index (κ3) is 3.97. The summed E-state index contributed by atoms with van der Waals surface area (Å²) in [6, 6.07) is 0.653. The molecular weight excluding hydrogens is 161 g/mol. The van der Waals surface area contributed by atoms with Crippen molar-refractivity contribution < 1.29 is 4.39 Å². The van der Waals surface area contributed by atoms with Crippen LogP contribution in [0.4, 0.5) is 4.39 Å². The van der Waals surface area contributed by atoms with Crippen LogP contribution >= 0.6 is 11.8 Å². The monoisotopic (exact) mass is 177 g/mol. The number of nitrogens with one attached hydrogen (secondary N) is 1. The lowest BCUT2D eigenvalue weighted by atomic mass is 10.2. The SMILES string of the molecule is FCCCNC1CCCSC1. The number of alkyl halides is 1. The Balaban J connectivity index is 1.96. The summed E-state index contributed by atoms with van der Waals surface area (Å²) in [4.78, 5) is 0. The van der Waals surface area contributed by atoms with E-state index in [0.717, 1.165) is 6.54 Å². The first-order valence-corrected chi connectivity index (χ1v) is 5.46. The molecule has 0 aromatic carbocycles. The Hall–Kier alpha value is 0.240. The van der Waals surface area contributed by atoms with E-state index in [1.807, 2.05) is 11.8 Å². The molecule has 1 heterocycles. The van der Waals surface area contributed by atoms with Gasteiger partial charge in [0.2, 0.25) is 0 Å². The normalized spacial score (nSPS) is 25.4. The minimum atomic E-state index is -0.188. The first kappa shape index (κ1) is 9.33. The third-order valence-corrected chi connectivity index (χ3v) is 3.12. The lowest BCUT2D eigenvalue weighted by molar-refractivity contribution is 0.434. The van der Waals surface area contributed by atoms with Gasteiger partial charge in [-0.25, -0.2) is 0 Å². The summed E-state index contributed by atoms with van der Waals surface area (Å²) in [6.07, 6.45) is 3.26. The molecule has 3 heteroatoms. The smallest absolute Gasteiger partial charge is 0.0906 e. The van der Waals surface area contributed by atoms with E-state index in [0.29, 0.717) is 12.5 Å². The number of hydrogen-bond donors (Lipinski definition) is 1. The van der Waals surface area contributed by atoms with E-state index >= 15 is 0 Å². The predicted molar refractivity (Wildman–Crippen MR) is 48.9 cm³/mol. The lowest BCUT2D eigenvalue weighted by Crippen LogP contribution is -2.34. The van der Waals surface area contributed by atoms with Gasteiger partial charge in [0.25, 0.3) is 0 Å². The predicted octanol–water partition coefficient (Wildman–Crippen LogP) is 1.83. The van der Waals surface area contributed by atoms with Crippen molar-refractivity contribution in [3.63, 3.8) is 0 Å². The molecule has 1 unspecified atom stereocenters. The molecule has 0 bridgehead atoms. The Morgan fingerprint density at radius 3 is 3.09 bits per heavy atom. The minimum Gasteiger partial charge on any atom is -0.313 e. The maximum absolute atomic E-state index is 11.7. The number of rotatable bonds is 4. The Kier molecular flexibility index (Phi) is 4.95. The molecule has 0 aromatic heterocycles. The molecule has 1 fully saturated rings. The van der Waals surface area contributed by atoms with E-state index in [1.165, 1.54) is 24.3 Å². The molecule has 0 aliphatic carbocycles. The summed E-state index contributed by atoms with van der Waals surface area (Å²) < 4.78 is 11.7. The maximum Gasteiger partial charge on any atom is 0.0906 e. The first-order valence-electron chi connectivity index (χ1n) is 4.30. The lowest BCUT2D eigenvalue weighted by Gasteiger charge is -2.22. The molecule has 0 aromatic rings. The van der Waals surface area contributed by atoms with Crippen LogP contribution < -0.4 is 5.32 Å². The van der Waals surface area contributed by atoms with E-state index in [9.17, 15) is 4.39 Å². The van der Waals surface area contributed by atoms with Crippen LogP contribution in [0.5, 0.6) is 0 Å². The fraction of sp³-hybridized carbons (Fsp3) is 1.00. The van der Waals surface area contributed by atoms with Gasteiger partial charge in [-0.15, -0.1) is 0 Å². The van der Waals surface area contributed by atoms with E-state index in [4.69, 9.17) is 0 Å². The average Bonchev–Trinajstić information content (AvgIpc) is 2.07. The molecule has 0 saturated carbocycles. The van der Waals surface area contributed by atoms with Crippen LogP contribution in [0.3, 0.4) is 0 Å². The summed E-state index contributed by atoms with van der Waals surface area (Å²) in [6.45, 7) is 0.661. The summed E-state index contributed by atoms with van der Waals surface area (Å²) in [7, 11) is 0. The zero-order chi connectivity index (χ0) is 7.94. The summed E-state index contributed by atoms with van der Waals surface area (Å²) in [5.41, 5.74) is 0. The third-order valence-electron chi connectivity index (χ3n) is 1.90. The van der Waals surface area contributed by atoms with Crippen molar-refractivity contribution in [3.05, 3.63) is 0 Å². The van der Waals surface area contributed by atoms with E-state index in [1.54, 1.807) is 0 Å². The van der Waals surface area contributed by atoms with Gasteiger partial charge in [-0.05, 0) is 31.6 Å². The molecule has 1 aliphatic heterocycles. The van der Waals surface area contributed by atoms with Crippen molar-refractivity contribution in [1.82, 2.24) is 5.32 Å². The molecule has 1 atom stereocenters. The highest BCUT2D eigenvalue weighted by Crippen LogP contribution is 2.16. The molecule has 11 heavy (non-hydrogen) atoms. The zero-order valence-corrected chi connectivity index (χ0v) is 7.63. The molecule has 0 amide bonds. The number of thioether (sulfide) groups is 1. The van der Waals surface area contributed by atoms with Crippen LogP contribution in [0.1, 0.15) is 19.3 Å². The quantitative estimate of drug-likeness (QED) is 0.657. The fourth-order valence-corrected chi connectivity index (χ4v) is 2.38. The standard InChI is InChI=1S/C8H16FNS/c9-4-2-5-10-8-3-1-6-11-7-8/h8,10H,1-7H2. The summed E-state index contributed by atoms with van der Waals surface area (Å²) >= 11 is 2.00. The topological polar surface area (TPSA) is 12.0 Å². The molecule has 0 radical (unpaired) electrons. The van der Waals surface area contributed by atoms with Crippen LogP contribution in [0.2, 0.25) is 0 Å². The van der Waals surface area contributed by atoms with Crippen LogP contribution in [0.15, 0.2) is 0 Å². The van der Waals surface area contributed by atoms with Gasteiger partial charge in [0.05, 0.1) is 6.67 Å². The van der Waals surface area contributed by atoms with Crippen LogP contribution in [-0.2, 0) is 0 Å². The second-order valence-electron chi connectivity index (χ2n) is 2.91. The molecule has 1 N–H and O–H groups in total. The second kappa shape index (κ2) is 5.84.